The van der Waals surface area contributed by atoms with Crippen molar-refractivity contribution in [2.24, 2.45) is 0 Å². The first-order valence-electron chi connectivity index (χ1n) is 11.4. The highest BCUT2D eigenvalue weighted by atomic mass is 16.5. The Balaban J connectivity index is 1.34. The van der Waals surface area contributed by atoms with Crippen molar-refractivity contribution in [1.82, 2.24) is 14.8 Å². The minimum atomic E-state index is -0.378. The summed E-state index contributed by atoms with van der Waals surface area (Å²) in [6, 6.07) is 15.6. The van der Waals surface area contributed by atoms with E-state index in [0.29, 0.717) is 31.5 Å². The normalized spacial score (nSPS) is 15.5. The molecular formula is C25H31N3O4. The third-order valence-electron chi connectivity index (χ3n) is 6.18. The molecule has 1 fully saturated rings. The van der Waals surface area contributed by atoms with Crippen LogP contribution >= 0.6 is 0 Å². The zero-order valence-electron chi connectivity index (χ0n) is 18.6. The Hall–Kier alpha value is -3.06. The average molecular weight is 438 g/mol. The fourth-order valence-electron chi connectivity index (χ4n) is 4.44. The molecule has 1 N–H and O–H groups in total. The number of para-hydroxylation sites is 2. The first-order valence-corrected chi connectivity index (χ1v) is 11.4. The van der Waals surface area contributed by atoms with E-state index in [4.69, 9.17) is 9.15 Å². The molecule has 1 aliphatic rings. The first-order chi connectivity index (χ1) is 15.7. The minimum Gasteiger partial charge on any atom is -0.497 e. The van der Waals surface area contributed by atoms with Crippen molar-refractivity contribution < 1.29 is 13.9 Å². The lowest BCUT2D eigenvalue weighted by atomic mass is 10.0. The largest absolute Gasteiger partial charge is 0.497 e. The molecule has 4 rings (SSSR count). The van der Waals surface area contributed by atoms with Crippen molar-refractivity contribution in [1.29, 1.82) is 0 Å². The predicted molar refractivity (Wildman–Crippen MR) is 124 cm³/mol. The van der Waals surface area contributed by atoms with E-state index in [0.717, 1.165) is 24.4 Å². The van der Waals surface area contributed by atoms with Gasteiger partial charge in [-0.3, -0.25) is 14.3 Å². The Bertz CT molecular complexity index is 1080. The van der Waals surface area contributed by atoms with E-state index in [1.807, 2.05) is 30.3 Å². The van der Waals surface area contributed by atoms with Crippen molar-refractivity contribution in [2.45, 2.75) is 44.7 Å². The molecule has 1 amide bonds. The maximum absolute atomic E-state index is 12.6. The van der Waals surface area contributed by atoms with Gasteiger partial charge in [0.2, 0.25) is 5.91 Å². The van der Waals surface area contributed by atoms with Crippen LogP contribution in [0.5, 0.6) is 5.75 Å². The second-order valence-corrected chi connectivity index (χ2v) is 8.28. The number of oxazole rings is 1. The maximum Gasteiger partial charge on any atom is 0.419 e. The molecule has 3 aromatic rings. The molecule has 2 aromatic carbocycles. The summed E-state index contributed by atoms with van der Waals surface area (Å²) < 4.78 is 12.1. The second kappa shape index (κ2) is 10.5. The number of amides is 1. The molecule has 0 radical (unpaired) electrons. The van der Waals surface area contributed by atoms with Gasteiger partial charge in [-0.15, -0.1) is 0 Å². The van der Waals surface area contributed by atoms with Crippen LogP contribution in [0.4, 0.5) is 0 Å². The molecule has 1 saturated heterocycles. The number of carbonyl (C=O) groups excluding carboxylic acids is 1. The summed E-state index contributed by atoms with van der Waals surface area (Å²) in [4.78, 5) is 27.1. The summed E-state index contributed by atoms with van der Waals surface area (Å²) in [5.41, 5.74) is 2.53. The van der Waals surface area contributed by atoms with Crippen LogP contribution in [0.15, 0.2) is 57.7 Å². The van der Waals surface area contributed by atoms with Gasteiger partial charge in [0.15, 0.2) is 5.58 Å². The zero-order chi connectivity index (χ0) is 22.3. The number of fused-ring (bicyclic) bond motifs is 1. The highest BCUT2D eigenvalue weighted by molar-refractivity contribution is 5.76. The third kappa shape index (κ3) is 5.22. The number of piperidine rings is 1. The number of likely N-dealkylation sites (tertiary alicyclic amines) is 1. The Morgan fingerprint density at radius 1 is 1.09 bits per heavy atom. The fraction of sp³-hybridized carbons (Fsp3) is 0.440. The van der Waals surface area contributed by atoms with E-state index in [9.17, 15) is 9.59 Å². The van der Waals surface area contributed by atoms with Crippen molar-refractivity contribution in [3.8, 4) is 5.75 Å². The number of nitrogens with zero attached hydrogens (tertiary/aromatic N) is 2. The average Bonchev–Trinajstić information content (AvgIpc) is 3.15. The van der Waals surface area contributed by atoms with Gasteiger partial charge in [0.05, 0.1) is 18.7 Å². The van der Waals surface area contributed by atoms with Crippen LogP contribution in [-0.4, -0.2) is 42.1 Å². The van der Waals surface area contributed by atoms with E-state index in [1.54, 1.807) is 17.7 Å². The second-order valence-electron chi connectivity index (χ2n) is 8.28. The van der Waals surface area contributed by atoms with Gasteiger partial charge in [-0.1, -0.05) is 30.7 Å². The van der Waals surface area contributed by atoms with Crippen molar-refractivity contribution >= 4 is 17.0 Å². The van der Waals surface area contributed by atoms with Gasteiger partial charge < -0.3 is 14.5 Å². The molecule has 170 valence electrons. The number of hydrogen-bond donors (Lipinski definition) is 1. The van der Waals surface area contributed by atoms with Crippen LogP contribution in [0.3, 0.4) is 0 Å². The number of hydrogen-bond acceptors (Lipinski definition) is 5. The smallest absolute Gasteiger partial charge is 0.419 e. The molecule has 2 heterocycles. The van der Waals surface area contributed by atoms with E-state index >= 15 is 0 Å². The summed E-state index contributed by atoms with van der Waals surface area (Å²) in [6.07, 6.45) is 4.58. The monoisotopic (exact) mass is 437 g/mol. The molecule has 7 nitrogen and oxygen atoms in total. The van der Waals surface area contributed by atoms with Gasteiger partial charge in [-0.25, -0.2) is 4.79 Å². The van der Waals surface area contributed by atoms with Crippen LogP contribution in [-0.2, 0) is 11.3 Å². The first kappa shape index (κ1) is 22.1. The standard InChI is InChI=1S/C25H31N3O4/c1-31-20-13-11-19(12-14-20)22(27-15-5-2-6-16-27)18-26-24(29)10-7-17-28-21-8-3-4-9-23(21)32-25(28)30/h3-4,8-9,11-14,22H,2,5-7,10,15-18H2,1H3,(H,26,29). The van der Waals surface area contributed by atoms with Crippen LogP contribution < -0.4 is 15.8 Å². The van der Waals surface area contributed by atoms with E-state index in [1.165, 1.54) is 24.8 Å². The number of ether oxygens (including phenoxy) is 1. The molecule has 1 atom stereocenters. The Morgan fingerprint density at radius 2 is 1.84 bits per heavy atom. The van der Waals surface area contributed by atoms with E-state index in [2.05, 4.69) is 22.3 Å². The molecule has 0 saturated carbocycles. The molecule has 0 bridgehead atoms. The number of aryl methyl sites for hydroxylation is 1. The summed E-state index contributed by atoms with van der Waals surface area (Å²) in [5, 5.41) is 3.12. The lowest BCUT2D eigenvalue weighted by Gasteiger charge is -2.35. The number of benzene rings is 2. The number of aromatic nitrogens is 1. The summed E-state index contributed by atoms with van der Waals surface area (Å²) in [6.45, 7) is 3.11. The third-order valence-corrected chi connectivity index (χ3v) is 6.18. The van der Waals surface area contributed by atoms with Crippen molar-refractivity contribution in [3.05, 3.63) is 64.6 Å². The van der Waals surface area contributed by atoms with Crippen LogP contribution in [0.1, 0.15) is 43.7 Å². The number of rotatable bonds is 9. The highest BCUT2D eigenvalue weighted by Gasteiger charge is 2.23. The minimum absolute atomic E-state index is 0.00127. The van der Waals surface area contributed by atoms with E-state index < -0.39 is 0 Å². The van der Waals surface area contributed by atoms with Crippen molar-refractivity contribution in [3.63, 3.8) is 0 Å². The van der Waals surface area contributed by atoms with Crippen LogP contribution in [0.25, 0.3) is 11.1 Å². The van der Waals surface area contributed by atoms with Gasteiger partial charge in [0.25, 0.3) is 0 Å². The zero-order valence-corrected chi connectivity index (χ0v) is 18.6. The van der Waals surface area contributed by atoms with Gasteiger partial charge in [0, 0.05) is 19.5 Å². The molecule has 0 aliphatic carbocycles. The summed E-state index contributed by atoms with van der Waals surface area (Å²) >= 11 is 0. The molecule has 32 heavy (non-hydrogen) atoms. The van der Waals surface area contributed by atoms with Crippen LogP contribution in [0.2, 0.25) is 0 Å². The molecular weight excluding hydrogens is 406 g/mol. The topological polar surface area (TPSA) is 76.7 Å². The highest BCUT2D eigenvalue weighted by Crippen LogP contribution is 2.26. The van der Waals surface area contributed by atoms with Gasteiger partial charge in [-0.05, 0) is 62.2 Å². The van der Waals surface area contributed by atoms with Gasteiger partial charge >= 0.3 is 5.76 Å². The van der Waals surface area contributed by atoms with Gasteiger partial charge in [0.1, 0.15) is 5.75 Å². The van der Waals surface area contributed by atoms with E-state index in [-0.39, 0.29) is 17.7 Å². The lowest BCUT2D eigenvalue weighted by molar-refractivity contribution is -0.121. The Labute approximate surface area is 188 Å². The lowest BCUT2D eigenvalue weighted by Crippen LogP contribution is -2.40. The number of carbonyl (C=O) groups is 1. The number of methoxy groups -OCH3 is 1. The fourth-order valence-corrected chi connectivity index (χ4v) is 4.44. The molecule has 7 heteroatoms. The van der Waals surface area contributed by atoms with Gasteiger partial charge in [-0.2, -0.15) is 0 Å². The predicted octanol–water partition coefficient (Wildman–Crippen LogP) is 3.73. The maximum atomic E-state index is 12.6. The quantitative estimate of drug-likeness (QED) is 0.552. The Kier molecular flexibility index (Phi) is 7.27. The molecule has 1 aliphatic heterocycles. The van der Waals surface area contributed by atoms with Crippen LogP contribution in [0, 0.1) is 0 Å². The SMILES string of the molecule is COc1ccc(C(CNC(=O)CCCn2c(=O)oc3ccccc32)N2CCCCC2)cc1. The molecule has 0 spiro atoms. The molecule has 1 aromatic heterocycles. The Morgan fingerprint density at radius 3 is 2.59 bits per heavy atom. The number of nitrogens with one attached hydrogen (secondary N) is 1. The van der Waals surface area contributed by atoms with Crippen molar-refractivity contribution in [2.75, 3.05) is 26.7 Å². The summed E-state index contributed by atoms with van der Waals surface area (Å²) in [5.74, 6) is 0.454. The summed E-state index contributed by atoms with van der Waals surface area (Å²) in [7, 11) is 1.66. The molecule has 1 unspecified atom stereocenters.